The van der Waals surface area contributed by atoms with Crippen molar-refractivity contribution in [2.24, 2.45) is 0 Å². The van der Waals surface area contributed by atoms with Crippen LogP contribution in [0.1, 0.15) is 11.4 Å². The lowest BCUT2D eigenvalue weighted by Crippen LogP contribution is -2.17. The zero-order chi connectivity index (χ0) is 24.3. The van der Waals surface area contributed by atoms with Crippen molar-refractivity contribution in [1.82, 2.24) is 14.8 Å². The van der Waals surface area contributed by atoms with Gasteiger partial charge in [-0.1, -0.05) is 36.4 Å². The van der Waals surface area contributed by atoms with Gasteiger partial charge >= 0.3 is 6.18 Å². The van der Waals surface area contributed by atoms with Gasteiger partial charge in [0.1, 0.15) is 5.82 Å². The minimum Gasteiger partial charge on any atom is -0.261 e. The molecule has 0 spiro atoms. The topological polar surface area (TPSA) is 76.9 Å². The number of nitrogens with one attached hydrogen (secondary N) is 1. The highest BCUT2D eigenvalue weighted by molar-refractivity contribution is 7.92. The molecule has 0 radical (unpaired) electrons. The second kappa shape index (κ2) is 9.26. The fourth-order valence-corrected chi connectivity index (χ4v) is 4.46. The average Bonchev–Trinajstić information content (AvgIpc) is 3.17. The number of nitrogens with zero attached hydrogens (tertiary/aromatic N) is 3. The van der Waals surface area contributed by atoms with E-state index in [0.717, 1.165) is 24.3 Å². The highest BCUT2D eigenvalue weighted by Crippen LogP contribution is 2.42. The van der Waals surface area contributed by atoms with Gasteiger partial charge in [-0.2, -0.15) is 18.3 Å². The molecular weight excluding hydrogens is 472 g/mol. The van der Waals surface area contributed by atoms with Gasteiger partial charge in [0.15, 0.2) is 11.5 Å². The number of aryl methyl sites for hydroxylation is 2. The number of hydrogen-bond acceptors (Lipinski definition) is 4. The van der Waals surface area contributed by atoms with Crippen LogP contribution in [0, 0.1) is 5.82 Å². The van der Waals surface area contributed by atoms with Crippen LogP contribution in [0.2, 0.25) is 0 Å². The Hall–Kier alpha value is -3.73. The first kappa shape index (κ1) is 23.4. The average molecular weight is 490 g/mol. The molecular formula is C23H18F4N4O2S. The largest absolute Gasteiger partial charge is 0.433 e. The summed E-state index contributed by atoms with van der Waals surface area (Å²) in [5, 5.41) is 3.99. The maximum absolute atomic E-state index is 14.2. The van der Waals surface area contributed by atoms with Crippen LogP contribution in [0.15, 0.2) is 83.9 Å². The SMILES string of the molecule is O=S(=O)(Nc1nn(CCc2ccccn2)c(C(F)(F)F)c1-c1ccc(F)cc1)c1ccccc1. The summed E-state index contributed by atoms with van der Waals surface area (Å²) in [5.74, 6) is -1.16. The van der Waals surface area contributed by atoms with E-state index in [2.05, 4.69) is 14.8 Å². The Labute approximate surface area is 192 Å². The van der Waals surface area contributed by atoms with Crippen molar-refractivity contribution in [2.75, 3.05) is 4.72 Å². The molecule has 0 aliphatic carbocycles. The van der Waals surface area contributed by atoms with Gasteiger partial charge < -0.3 is 0 Å². The number of pyridine rings is 1. The van der Waals surface area contributed by atoms with Gasteiger partial charge in [0, 0.05) is 24.9 Å². The molecule has 1 N–H and O–H groups in total. The third-order valence-corrected chi connectivity index (χ3v) is 6.30. The predicted molar refractivity (Wildman–Crippen MR) is 118 cm³/mol. The molecule has 0 atom stereocenters. The zero-order valence-electron chi connectivity index (χ0n) is 17.5. The number of benzene rings is 2. The van der Waals surface area contributed by atoms with E-state index in [1.165, 1.54) is 30.5 Å². The van der Waals surface area contributed by atoms with Crippen molar-refractivity contribution in [3.05, 3.63) is 96.2 Å². The van der Waals surface area contributed by atoms with Gasteiger partial charge in [-0.25, -0.2) is 12.8 Å². The summed E-state index contributed by atoms with van der Waals surface area (Å²) >= 11 is 0. The number of rotatable bonds is 7. The lowest BCUT2D eigenvalue weighted by atomic mass is 10.0. The summed E-state index contributed by atoms with van der Waals surface area (Å²) in [6.45, 7) is -0.215. The molecule has 0 aliphatic rings. The highest BCUT2D eigenvalue weighted by Gasteiger charge is 2.41. The molecule has 11 heteroatoms. The predicted octanol–water partition coefficient (Wildman–Crippen LogP) is 5.15. The first-order chi connectivity index (χ1) is 16.1. The van der Waals surface area contributed by atoms with E-state index >= 15 is 0 Å². The van der Waals surface area contributed by atoms with E-state index in [9.17, 15) is 26.0 Å². The number of anilines is 1. The van der Waals surface area contributed by atoms with Crippen molar-refractivity contribution < 1.29 is 26.0 Å². The van der Waals surface area contributed by atoms with E-state index < -0.39 is 39.1 Å². The monoisotopic (exact) mass is 490 g/mol. The Balaban J connectivity index is 1.85. The van der Waals surface area contributed by atoms with Crippen LogP contribution in [-0.4, -0.2) is 23.2 Å². The van der Waals surface area contributed by atoms with Crippen LogP contribution in [0.5, 0.6) is 0 Å². The van der Waals surface area contributed by atoms with Gasteiger partial charge in [-0.3, -0.25) is 14.4 Å². The van der Waals surface area contributed by atoms with Crippen LogP contribution in [0.25, 0.3) is 11.1 Å². The van der Waals surface area contributed by atoms with E-state index in [1.807, 2.05) is 0 Å². The summed E-state index contributed by atoms with van der Waals surface area (Å²) in [6, 6.07) is 16.5. The quantitative estimate of drug-likeness (QED) is 0.364. The van der Waals surface area contributed by atoms with Gasteiger partial charge in [-0.15, -0.1) is 0 Å². The van der Waals surface area contributed by atoms with Crippen molar-refractivity contribution in [2.45, 2.75) is 24.0 Å². The van der Waals surface area contributed by atoms with Crippen LogP contribution in [0.3, 0.4) is 0 Å². The summed E-state index contributed by atoms with van der Waals surface area (Å²) < 4.78 is 84.8. The maximum Gasteiger partial charge on any atom is 0.433 e. The molecule has 0 saturated carbocycles. The Morgan fingerprint density at radius 2 is 1.59 bits per heavy atom. The van der Waals surface area contributed by atoms with Gasteiger partial charge in [0.05, 0.1) is 10.5 Å². The maximum atomic E-state index is 14.2. The smallest absolute Gasteiger partial charge is 0.261 e. The Kier molecular flexibility index (Phi) is 6.38. The Morgan fingerprint density at radius 3 is 2.21 bits per heavy atom. The fourth-order valence-electron chi connectivity index (χ4n) is 3.43. The molecule has 34 heavy (non-hydrogen) atoms. The van der Waals surface area contributed by atoms with Crippen molar-refractivity contribution in [3.8, 4) is 11.1 Å². The van der Waals surface area contributed by atoms with E-state index in [1.54, 1.807) is 24.3 Å². The lowest BCUT2D eigenvalue weighted by molar-refractivity contribution is -0.143. The van der Waals surface area contributed by atoms with Gasteiger partial charge in [0.25, 0.3) is 10.0 Å². The second-order valence-corrected chi connectivity index (χ2v) is 8.97. The molecule has 0 saturated heterocycles. The highest BCUT2D eigenvalue weighted by atomic mass is 32.2. The molecule has 6 nitrogen and oxygen atoms in total. The summed E-state index contributed by atoms with van der Waals surface area (Å²) in [4.78, 5) is 3.96. The van der Waals surface area contributed by atoms with Crippen LogP contribution in [-0.2, 0) is 29.2 Å². The van der Waals surface area contributed by atoms with Crippen molar-refractivity contribution >= 4 is 15.8 Å². The Bertz CT molecular complexity index is 1370. The number of halogens is 4. The molecule has 0 amide bonds. The summed E-state index contributed by atoms with van der Waals surface area (Å²) in [5.41, 5.74) is -1.14. The third-order valence-electron chi connectivity index (χ3n) is 4.94. The van der Waals surface area contributed by atoms with E-state index in [0.29, 0.717) is 10.4 Å². The molecule has 0 unspecified atom stereocenters. The standard InChI is InChI=1S/C23H18F4N4O2S/c24-17-11-9-16(10-12-17)20-21(23(25,26)27)31(15-13-18-6-4-5-14-28-18)29-22(20)30-34(32,33)19-7-2-1-3-8-19/h1-12,14H,13,15H2,(H,29,30). The number of aromatic nitrogens is 3. The van der Waals surface area contributed by atoms with Crippen LogP contribution >= 0.6 is 0 Å². The zero-order valence-corrected chi connectivity index (χ0v) is 18.3. The van der Waals surface area contributed by atoms with Crippen molar-refractivity contribution in [1.29, 1.82) is 0 Å². The molecule has 0 fully saturated rings. The Morgan fingerprint density at radius 1 is 0.912 bits per heavy atom. The first-order valence-corrected chi connectivity index (χ1v) is 11.6. The molecule has 2 aromatic heterocycles. The molecule has 4 rings (SSSR count). The van der Waals surface area contributed by atoms with E-state index in [-0.39, 0.29) is 23.4 Å². The van der Waals surface area contributed by atoms with Crippen molar-refractivity contribution in [3.63, 3.8) is 0 Å². The minimum atomic E-state index is -4.88. The van der Waals surface area contributed by atoms with Gasteiger partial charge in [-0.05, 0) is 42.0 Å². The number of alkyl halides is 3. The summed E-state index contributed by atoms with van der Waals surface area (Å²) in [7, 11) is -4.25. The number of hydrogen-bond donors (Lipinski definition) is 1. The molecule has 2 heterocycles. The van der Waals surface area contributed by atoms with E-state index in [4.69, 9.17) is 0 Å². The van der Waals surface area contributed by atoms with Crippen LogP contribution in [0.4, 0.5) is 23.4 Å². The van der Waals surface area contributed by atoms with Crippen LogP contribution < -0.4 is 4.72 Å². The fraction of sp³-hybridized carbons (Fsp3) is 0.130. The lowest BCUT2D eigenvalue weighted by Gasteiger charge is -2.13. The third kappa shape index (κ3) is 5.09. The molecule has 176 valence electrons. The molecule has 0 bridgehead atoms. The molecule has 2 aromatic carbocycles. The normalized spacial score (nSPS) is 12.0. The minimum absolute atomic E-state index is 0.0384. The number of sulfonamides is 1. The molecule has 0 aliphatic heterocycles. The first-order valence-electron chi connectivity index (χ1n) is 10.1. The summed E-state index contributed by atoms with van der Waals surface area (Å²) in [6.07, 6.45) is -3.23. The van der Waals surface area contributed by atoms with Gasteiger partial charge in [0.2, 0.25) is 0 Å². The molecule has 4 aromatic rings. The second-order valence-electron chi connectivity index (χ2n) is 7.29.